The van der Waals surface area contributed by atoms with Crippen LogP contribution in [0.3, 0.4) is 0 Å². The van der Waals surface area contributed by atoms with Crippen molar-refractivity contribution in [1.82, 2.24) is 5.32 Å². The Morgan fingerprint density at radius 3 is 2.65 bits per heavy atom. The Balaban J connectivity index is 2.13. The van der Waals surface area contributed by atoms with E-state index in [4.69, 9.17) is 0 Å². The summed E-state index contributed by atoms with van der Waals surface area (Å²) in [7, 11) is 0. The third kappa shape index (κ3) is 3.47. The van der Waals surface area contributed by atoms with Crippen LogP contribution in [0.25, 0.3) is 0 Å². The number of hydrogen-bond donors (Lipinski definition) is 2. The third-order valence-corrected chi connectivity index (χ3v) is 3.18. The van der Waals surface area contributed by atoms with Gasteiger partial charge in [-0.2, -0.15) is 13.2 Å². The van der Waals surface area contributed by atoms with Crippen LogP contribution in [-0.4, -0.2) is 18.5 Å². The van der Waals surface area contributed by atoms with E-state index in [1.54, 1.807) is 0 Å². The van der Waals surface area contributed by atoms with E-state index in [9.17, 15) is 22.4 Å². The lowest BCUT2D eigenvalue weighted by Gasteiger charge is -2.22. The molecule has 0 radical (unpaired) electrons. The zero-order valence-electron chi connectivity index (χ0n) is 10.6. The van der Waals surface area contributed by atoms with Crippen molar-refractivity contribution >= 4 is 11.6 Å². The number of carbonyl (C=O) groups is 1. The summed E-state index contributed by atoms with van der Waals surface area (Å²) < 4.78 is 51.1. The molecule has 1 aliphatic rings. The molecule has 0 aromatic heterocycles. The lowest BCUT2D eigenvalue weighted by atomic mass is 10.0. The summed E-state index contributed by atoms with van der Waals surface area (Å²) in [5, 5.41) is 5.16. The second-order valence-electron chi connectivity index (χ2n) is 4.68. The fraction of sp³-hybridized carbons (Fsp3) is 0.462. The maximum Gasteiger partial charge on any atom is 0.416 e. The van der Waals surface area contributed by atoms with Crippen LogP contribution in [-0.2, 0) is 11.0 Å². The summed E-state index contributed by atoms with van der Waals surface area (Å²) in [6, 6.07) is 1.46. The molecule has 2 rings (SSSR count). The van der Waals surface area contributed by atoms with Gasteiger partial charge in [0.25, 0.3) is 0 Å². The van der Waals surface area contributed by atoms with E-state index in [-0.39, 0.29) is 0 Å². The van der Waals surface area contributed by atoms with Crippen molar-refractivity contribution in [1.29, 1.82) is 0 Å². The molecule has 7 heteroatoms. The number of alkyl halides is 3. The zero-order valence-corrected chi connectivity index (χ0v) is 10.6. The second-order valence-corrected chi connectivity index (χ2v) is 4.68. The molecule has 1 atom stereocenters. The fourth-order valence-corrected chi connectivity index (χ4v) is 2.09. The smallest absolute Gasteiger partial charge is 0.322 e. The van der Waals surface area contributed by atoms with Gasteiger partial charge in [0.1, 0.15) is 5.82 Å². The Bertz CT molecular complexity index is 496. The Morgan fingerprint density at radius 2 is 2.05 bits per heavy atom. The number of rotatable bonds is 2. The molecular formula is C13H14F4N2O. The monoisotopic (exact) mass is 290 g/mol. The minimum absolute atomic E-state index is 0.447. The van der Waals surface area contributed by atoms with E-state index in [2.05, 4.69) is 10.6 Å². The molecule has 1 aromatic rings. The van der Waals surface area contributed by atoms with Crippen LogP contribution in [0.15, 0.2) is 18.2 Å². The zero-order chi connectivity index (χ0) is 14.8. The quantitative estimate of drug-likeness (QED) is 0.822. The molecule has 0 aliphatic carbocycles. The summed E-state index contributed by atoms with van der Waals surface area (Å²) in [6.07, 6.45) is -2.18. The van der Waals surface area contributed by atoms with Gasteiger partial charge in [-0.25, -0.2) is 4.39 Å². The first-order chi connectivity index (χ1) is 9.38. The van der Waals surface area contributed by atoms with Gasteiger partial charge in [-0.15, -0.1) is 0 Å². The highest BCUT2D eigenvalue weighted by Gasteiger charge is 2.31. The van der Waals surface area contributed by atoms with E-state index in [1.165, 1.54) is 0 Å². The number of piperidine rings is 1. The van der Waals surface area contributed by atoms with Crippen molar-refractivity contribution < 1.29 is 22.4 Å². The molecule has 0 saturated carbocycles. The Labute approximate surface area is 113 Å². The van der Waals surface area contributed by atoms with E-state index in [0.717, 1.165) is 12.8 Å². The minimum atomic E-state index is -4.57. The van der Waals surface area contributed by atoms with E-state index < -0.39 is 35.2 Å². The maximum absolute atomic E-state index is 13.5. The highest BCUT2D eigenvalue weighted by Crippen LogP contribution is 2.31. The van der Waals surface area contributed by atoms with Gasteiger partial charge in [0.15, 0.2) is 0 Å². The number of hydrogen-bond acceptors (Lipinski definition) is 2. The predicted molar refractivity (Wildman–Crippen MR) is 65.7 cm³/mol. The fourth-order valence-electron chi connectivity index (χ4n) is 2.09. The summed E-state index contributed by atoms with van der Waals surface area (Å²) in [5.41, 5.74) is -1.44. The van der Waals surface area contributed by atoms with Gasteiger partial charge >= 0.3 is 6.18 Å². The van der Waals surface area contributed by atoms with Crippen LogP contribution >= 0.6 is 0 Å². The van der Waals surface area contributed by atoms with Crippen molar-refractivity contribution in [2.45, 2.75) is 31.5 Å². The van der Waals surface area contributed by atoms with Gasteiger partial charge in [-0.3, -0.25) is 4.79 Å². The van der Waals surface area contributed by atoms with Crippen LogP contribution < -0.4 is 10.6 Å². The third-order valence-electron chi connectivity index (χ3n) is 3.18. The molecule has 2 N–H and O–H groups in total. The number of benzene rings is 1. The Kier molecular flexibility index (Phi) is 4.27. The standard InChI is InChI=1S/C13H14F4N2O/c14-9-5-4-8(13(15,16)17)7-11(9)19-12(20)10-3-1-2-6-18-10/h4-5,7,10,18H,1-3,6H2,(H,19,20)/t10-/m1/s1. The Hall–Kier alpha value is -1.63. The van der Waals surface area contributed by atoms with Crippen molar-refractivity contribution in [3.63, 3.8) is 0 Å². The molecule has 0 spiro atoms. The lowest BCUT2D eigenvalue weighted by molar-refractivity contribution is -0.137. The summed E-state index contributed by atoms with van der Waals surface area (Å²) in [6.45, 7) is 0.670. The Morgan fingerprint density at radius 1 is 1.30 bits per heavy atom. The van der Waals surface area contributed by atoms with Crippen LogP contribution in [0.4, 0.5) is 23.2 Å². The molecule has 1 amide bonds. The molecule has 20 heavy (non-hydrogen) atoms. The summed E-state index contributed by atoms with van der Waals surface area (Å²) >= 11 is 0. The number of anilines is 1. The van der Waals surface area contributed by atoms with Crippen LogP contribution in [0.5, 0.6) is 0 Å². The van der Waals surface area contributed by atoms with E-state index in [1.807, 2.05) is 0 Å². The summed E-state index contributed by atoms with van der Waals surface area (Å²) in [5.74, 6) is -1.40. The van der Waals surface area contributed by atoms with Crippen LogP contribution in [0.1, 0.15) is 24.8 Å². The molecule has 0 unspecified atom stereocenters. The molecule has 3 nitrogen and oxygen atoms in total. The first kappa shape index (κ1) is 14.8. The molecule has 1 saturated heterocycles. The SMILES string of the molecule is O=C(Nc1cc(C(F)(F)F)ccc1F)[C@H]1CCCCN1. The largest absolute Gasteiger partial charge is 0.416 e. The van der Waals surface area contributed by atoms with Crippen molar-refractivity contribution in [3.05, 3.63) is 29.6 Å². The molecule has 1 heterocycles. The first-order valence-corrected chi connectivity index (χ1v) is 6.29. The molecule has 0 bridgehead atoms. The van der Waals surface area contributed by atoms with Crippen molar-refractivity contribution in [2.24, 2.45) is 0 Å². The van der Waals surface area contributed by atoms with Crippen LogP contribution in [0, 0.1) is 5.82 Å². The van der Waals surface area contributed by atoms with Gasteiger partial charge in [0.05, 0.1) is 17.3 Å². The van der Waals surface area contributed by atoms with Gasteiger partial charge in [-0.1, -0.05) is 6.42 Å². The van der Waals surface area contributed by atoms with Gasteiger partial charge in [-0.05, 0) is 37.6 Å². The molecular weight excluding hydrogens is 276 g/mol. The van der Waals surface area contributed by atoms with E-state index >= 15 is 0 Å². The number of amides is 1. The highest BCUT2D eigenvalue weighted by molar-refractivity contribution is 5.95. The average molecular weight is 290 g/mol. The van der Waals surface area contributed by atoms with Crippen LogP contribution in [0.2, 0.25) is 0 Å². The van der Waals surface area contributed by atoms with Crippen molar-refractivity contribution in [3.8, 4) is 0 Å². The van der Waals surface area contributed by atoms with Gasteiger partial charge < -0.3 is 10.6 Å². The minimum Gasteiger partial charge on any atom is -0.322 e. The van der Waals surface area contributed by atoms with Crippen molar-refractivity contribution in [2.75, 3.05) is 11.9 Å². The first-order valence-electron chi connectivity index (χ1n) is 6.29. The second kappa shape index (κ2) is 5.78. The molecule has 1 fully saturated rings. The molecule has 110 valence electrons. The maximum atomic E-state index is 13.5. The normalized spacial score (nSPS) is 19.7. The summed E-state index contributed by atoms with van der Waals surface area (Å²) in [4.78, 5) is 11.9. The number of halogens is 4. The average Bonchev–Trinajstić information content (AvgIpc) is 2.41. The molecule has 1 aromatic carbocycles. The van der Waals surface area contributed by atoms with Gasteiger partial charge in [0.2, 0.25) is 5.91 Å². The lowest BCUT2D eigenvalue weighted by Crippen LogP contribution is -2.43. The molecule has 1 aliphatic heterocycles. The highest BCUT2D eigenvalue weighted by atomic mass is 19.4. The predicted octanol–water partition coefficient (Wildman–Crippen LogP) is 2.93. The van der Waals surface area contributed by atoms with E-state index in [0.29, 0.717) is 31.2 Å². The van der Waals surface area contributed by atoms with Gasteiger partial charge in [0, 0.05) is 0 Å². The topological polar surface area (TPSA) is 41.1 Å². The number of nitrogens with one attached hydrogen (secondary N) is 2. The number of carbonyl (C=O) groups excluding carboxylic acids is 1.